The third kappa shape index (κ3) is 4.31. The largest absolute Gasteiger partial charge is 0.462 e. The number of rotatable bonds is 5. The van der Waals surface area contributed by atoms with Gasteiger partial charge < -0.3 is 10.1 Å². The summed E-state index contributed by atoms with van der Waals surface area (Å²) in [6, 6.07) is 3.70. The van der Waals surface area contributed by atoms with Gasteiger partial charge in [-0.25, -0.2) is 4.79 Å². The Morgan fingerprint density at radius 1 is 1.25 bits per heavy atom. The number of nitrogens with zero attached hydrogens (tertiary/aromatic N) is 1. The molecule has 2 unspecified atom stereocenters. The zero-order valence-electron chi connectivity index (χ0n) is 13.9. The molecule has 0 aromatic heterocycles. The van der Waals surface area contributed by atoms with Crippen LogP contribution >= 0.6 is 0 Å². The summed E-state index contributed by atoms with van der Waals surface area (Å²) in [5.74, 6) is -0.713. The van der Waals surface area contributed by atoms with Crippen LogP contribution in [0.1, 0.15) is 60.2 Å². The van der Waals surface area contributed by atoms with Crippen molar-refractivity contribution >= 4 is 17.6 Å². The number of carbonyl (C=O) groups is 2. The molecule has 2 rings (SSSR count). The molecular formula is C17H22N2O5. The van der Waals surface area contributed by atoms with E-state index in [0.29, 0.717) is 5.92 Å². The first-order valence-electron chi connectivity index (χ1n) is 8.19. The van der Waals surface area contributed by atoms with E-state index in [1.54, 1.807) is 6.92 Å². The molecule has 0 spiro atoms. The Balaban J connectivity index is 2.25. The van der Waals surface area contributed by atoms with Crippen LogP contribution in [0.15, 0.2) is 18.2 Å². The van der Waals surface area contributed by atoms with Gasteiger partial charge in [0.1, 0.15) is 0 Å². The Bertz CT molecular complexity index is 644. The number of amides is 1. The fourth-order valence-electron chi connectivity index (χ4n) is 2.96. The lowest BCUT2D eigenvalue weighted by molar-refractivity contribution is -0.384. The van der Waals surface area contributed by atoms with Gasteiger partial charge >= 0.3 is 5.97 Å². The van der Waals surface area contributed by atoms with Gasteiger partial charge in [0.15, 0.2) is 0 Å². The quantitative estimate of drug-likeness (QED) is 0.507. The molecule has 0 radical (unpaired) electrons. The highest BCUT2D eigenvalue weighted by atomic mass is 16.6. The molecule has 7 heteroatoms. The normalized spacial score (nSPS) is 20.2. The minimum absolute atomic E-state index is 0.00731. The van der Waals surface area contributed by atoms with E-state index in [2.05, 4.69) is 12.2 Å². The summed E-state index contributed by atoms with van der Waals surface area (Å²) >= 11 is 0. The predicted molar refractivity (Wildman–Crippen MR) is 87.9 cm³/mol. The van der Waals surface area contributed by atoms with Crippen molar-refractivity contribution in [3.8, 4) is 0 Å². The molecule has 130 valence electrons. The highest BCUT2D eigenvalue weighted by Gasteiger charge is 2.25. The fourth-order valence-corrected chi connectivity index (χ4v) is 2.96. The van der Waals surface area contributed by atoms with E-state index in [0.717, 1.165) is 31.7 Å². The van der Waals surface area contributed by atoms with Crippen LogP contribution in [-0.2, 0) is 4.74 Å². The fraction of sp³-hybridized carbons (Fsp3) is 0.529. The Kier molecular flexibility index (Phi) is 5.89. The van der Waals surface area contributed by atoms with Crippen LogP contribution in [0.4, 0.5) is 5.69 Å². The molecule has 1 fully saturated rings. The van der Waals surface area contributed by atoms with Crippen LogP contribution in [-0.4, -0.2) is 29.4 Å². The molecule has 1 saturated carbocycles. The second-order valence-corrected chi connectivity index (χ2v) is 6.09. The maximum Gasteiger partial charge on any atom is 0.338 e. The number of non-ortho nitro benzene ring substituents is 1. The lowest BCUT2D eigenvalue weighted by Gasteiger charge is -2.29. The average molecular weight is 334 g/mol. The van der Waals surface area contributed by atoms with Crippen molar-refractivity contribution < 1.29 is 19.2 Å². The highest BCUT2D eigenvalue weighted by molar-refractivity contribution is 5.99. The zero-order chi connectivity index (χ0) is 17.7. The van der Waals surface area contributed by atoms with Crippen LogP contribution < -0.4 is 5.32 Å². The third-order valence-corrected chi connectivity index (χ3v) is 4.33. The van der Waals surface area contributed by atoms with Crippen molar-refractivity contribution in [3.63, 3.8) is 0 Å². The van der Waals surface area contributed by atoms with E-state index in [4.69, 9.17) is 4.74 Å². The number of benzene rings is 1. The minimum Gasteiger partial charge on any atom is -0.462 e. The molecule has 0 saturated heterocycles. The third-order valence-electron chi connectivity index (χ3n) is 4.33. The number of ether oxygens (including phenoxy) is 1. The van der Waals surface area contributed by atoms with Crippen molar-refractivity contribution in [2.45, 2.75) is 45.6 Å². The zero-order valence-corrected chi connectivity index (χ0v) is 13.9. The molecule has 0 heterocycles. The molecular weight excluding hydrogens is 312 g/mol. The van der Waals surface area contributed by atoms with E-state index in [9.17, 15) is 19.7 Å². The van der Waals surface area contributed by atoms with Gasteiger partial charge in [0.2, 0.25) is 0 Å². The van der Waals surface area contributed by atoms with Crippen molar-refractivity contribution in [2.24, 2.45) is 5.92 Å². The number of nitro groups is 1. The van der Waals surface area contributed by atoms with Crippen LogP contribution in [0.2, 0.25) is 0 Å². The topological polar surface area (TPSA) is 98.5 Å². The smallest absolute Gasteiger partial charge is 0.338 e. The predicted octanol–water partition coefficient (Wildman–Crippen LogP) is 3.08. The molecule has 1 N–H and O–H groups in total. The number of esters is 1. The molecule has 0 aliphatic heterocycles. The van der Waals surface area contributed by atoms with Crippen LogP contribution in [0.25, 0.3) is 0 Å². The monoisotopic (exact) mass is 334 g/mol. The second-order valence-electron chi connectivity index (χ2n) is 6.09. The number of carbonyl (C=O) groups excluding carboxylic acids is 2. The first-order chi connectivity index (χ1) is 11.4. The standard InChI is InChI=1S/C17H22N2O5/c1-3-24-17(21)13-8-12(9-14(10-13)19(22)23)16(20)18-15-7-5-4-6-11(15)2/h8-11,15H,3-7H2,1-2H3,(H,18,20). The minimum atomic E-state index is -0.679. The summed E-state index contributed by atoms with van der Waals surface area (Å²) in [6.07, 6.45) is 4.15. The average Bonchev–Trinajstić information content (AvgIpc) is 2.56. The van der Waals surface area contributed by atoms with Crippen molar-refractivity contribution in [2.75, 3.05) is 6.61 Å². The summed E-state index contributed by atoms with van der Waals surface area (Å²) in [6.45, 7) is 3.89. The molecule has 1 aliphatic rings. The summed E-state index contributed by atoms with van der Waals surface area (Å²) in [5, 5.41) is 14.0. The lowest BCUT2D eigenvalue weighted by Crippen LogP contribution is -2.41. The molecule has 1 amide bonds. The maximum absolute atomic E-state index is 12.5. The molecule has 1 aromatic carbocycles. The molecule has 24 heavy (non-hydrogen) atoms. The molecule has 1 aromatic rings. The van der Waals surface area contributed by atoms with Gasteiger partial charge in [0.25, 0.3) is 11.6 Å². The Hall–Kier alpha value is -2.44. The molecule has 2 atom stereocenters. The van der Waals surface area contributed by atoms with Crippen molar-refractivity contribution in [3.05, 3.63) is 39.4 Å². The van der Waals surface area contributed by atoms with Gasteiger partial charge in [-0.3, -0.25) is 14.9 Å². The van der Waals surface area contributed by atoms with Gasteiger partial charge in [-0.1, -0.05) is 19.8 Å². The van der Waals surface area contributed by atoms with Crippen molar-refractivity contribution in [1.29, 1.82) is 0 Å². The molecule has 7 nitrogen and oxygen atoms in total. The first-order valence-corrected chi connectivity index (χ1v) is 8.19. The number of nitrogens with one attached hydrogen (secondary N) is 1. The van der Waals surface area contributed by atoms with Gasteiger partial charge in [-0.2, -0.15) is 0 Å². The summed E-state index contributed by atoms with van der Waals surface area (Å²) in [4.78, 5) is 34.8. The Labute approximate surface area is 140 Å². The Morgan fingerprint density at radius 2 is 1.92 bits per heavy atom. The van der Waals surface area contributed by atoms with Crippen LogP contribution in [0.5, 0.6) is 0 Å². The maximum atomic E-state index is 12.5. The SMILES string of the molecule is CCOC(=O)c1cc(C(=O)NC2CCCCC2C)cc([N+](=O)[O-])c1. The van der Waals surface area contributed by atoms with Gasteiger partial charge in [0, 0.05) is 23.7 Å². The van der Waals surface area contributed by atoms with E-state index >= 15 is 0 Å². The summed E-state index contributed by atoms with van der Waals surface area (Å²) in [5.41, 5.74) is -0.194. The molecule has 1 aliphatic carbocycles. The summed E-state index contributed by atoms with van der Waals surface area (Å²) < 4.78 is 4.87. The molecule has 0 bridgehead atoms. The summed E-state index contributed by atoms with van der Waals surface area (Å²) in [7, 11) is 0. The van der Waals surface area contributed by atoms with E-state index < -0.39 is 16.8 Å². The Morgan fingerprint density at radius 3 is 2.54 bits per heavy atom. The van der Waals surface area contributed by atoms with Gasteiger partial charge in [0.05, 0.1) is 17.1 Å². The number of hydrogen-bond acceptors (Lipinski definition) is 5. The van der Waals surface area contributed by atoms with E-state index in [-0.39, 0.29) is 29.5 Å². The first kappa shape index (κ1) is 17.9. The van der Waals surface area contributed by atoms with Crippen LogP contribution in [0.3, 0.4) is 0 Å². The van der Waals surface area contributed by atoms with E-state index in [1.165, 1.54) is 12.1 Å². The van der Waals surface area contributed by atoms with E-state index in [1.807, 2.05) is 0 Å². The number of hydrogen-bond donors (Lipinski definition) is 1. The lowest BCUT2D eigenvalue weighted by atomic mass is 9.86. The number of nitro benzene ring substituents is 1. The van der Waals surface area contributed by atoms with Gasteiger partial charge in [-0.15, -0.1) is 0 Å². The van der Waals surface area contributed by atoms with Crippen LogP contribution in [0, 0.1) is 16.0 Å². The second kappa shape index (κ2) is 7.90. The highest BCUT2D eigenvalue weighted by Crippen LogP contribution is 2.25. The van der Waals surface area contributed by atoms with Gasteiger partial charge in [-0.05, 0) is 31.7 Å². The van der Waals surface area contributed by atoms with Crippen molar-refractivity contribution in [1.82, 2.24) is 5.32 Å².